The van der Waals surface area contributed by atoms with Crippen LogP contribution in [-0.2, 0) is 11.0 Å². The number of furan rings is 1. The van der Waals surface area contributed by atoms with Gasteiger partial charge in [0.1, 0.15) is 0 Å². The number of amides is 3. The summed E-state index contributed by atoms with van der Waals surface area (Å²) in [5, 5.41) is 5.27. The first-order valence-corrected chi connectivity index (χ1v) is 9.81. The van der Waals surface area contributed by atoms with Gasteiger partial charge in [-0.05, 0) is 49.2 Å². The van der Waals surface area contributed by atoms with Crippen molar-refractivity contribution in [2.24, 2.45) is 5.92 Å². The zero-order valence-electron chi connectivity index (χ0n) is 16.6. The molecular formula is C21H22F3N3O4. The van der Waals surface area contributed by atoms with Gasteiger partial charge >= 0.3 is 6.18 Å². The number of carbonyl (C=O) groups excluding carboxylic acids is 3. The van der Waals surface area contributed by atoms with E-state index in [-0.39, 0.29) is 48.7 Å². The van der Waals surface area contributed by atoms with Crippen LogP contribution in [0.3, 0.4) is 0 Å². The quantitative estimate of drug-likeness (QED) is 0.680. The maximum Gasteiger partial charge on any atom is 0.416 e. The van der Waals surface area contributed by atoms with E-state index in [4.69, 9.17) is 4.42 Å². The molecule has 3 amide bonds. The number of halogens is 3. The molecule has 1 aromatic carbocycles. The van der Waals surface area contributed by atoms with Crippen molar-refractivity contribution in [3.63, 3.8) is 0 Å². The third kappa shape index (κ3) is 5.87. The van der Waals surface area contributed by atoms with E-state index in [0.717, 1.165) is 24.3 Å². The molecule has 166 valence electrons. The van der Waals surface area contributed by atoms with Crippen molar-refractivity contribution in [2.45, 2.75) is 19.0 Å². The normalized spacial score (nSPS) is 16.6. The highest BCUT2D eigenvalue weighted by atomic mass is 19.4. The molecule has 0 radical (unpaired) electrons. The predicted molar refractivity (Wildman–Crippen MR) is 104 cm³/mol. The van der Waals surface area contributed by atoms with E-state index < -0.39 is 17.6 Å². The van der Waals surface area contributed by atoms with Crippen molar-refractivity contribution in [1.29, 1.82) is 0 Å². The second kappa shape index (κ2) is 9.67. The van der Waals surface area contributed by atoms with E-state index in [9.17, 15) is 27.6 Å². The van der Waals surface area contributed by atoms with Crippen molar-refractivity contribution in [2.75, 3.05) is 26.2 Å². The zero-order chi connectivity index (χ0) is 22.4. The Kier molecular flexibility index (Phi) is 6.98. The van der Waals surface area contributed by atoms with Gasteiger partial charge in [0.15, 0.2) is 5.76 Å². The molecule has 0 bridgehead atoms. The van der Waals surface area contributed by atoms with Gasteiger partial charge in [-0.3, -0.25) is 14.4 Å². The average molecular weight is 437 g/mol. The fourth-order valence-electron chi connectivity index (χ4n) is 3.35. The summed E-state index contributed by atoms with van der Waals surface area (Å²) < 4.78 is 42.8. The molecule has 3 rings (SSSR count). The van der Waals surface area contributed by atoms with Gasteiger partial charge in [0.2, 0.25) is 5.91 Å². The molecular weight excluding hydrogens is 415 g/mol. The molecule has 10 heteroatoms. The molecule has 1 saturated heterocycles. The molecule has 1 aromatic heterocycles. The second-order valence-electron chi connectivity index (χ2n) is 7.19. The first kappa shape index (κ1) is 22.4. The number of hydrogen-bond acceptors (Lipinski definition) is 4. The summed E-state index contributed by atoms with van der Waals surface area (Å²) >= 11 is 0. The van der Waals surface area contributed by atoms with Gasteiger partial charge in [0.25, 0.3) is 11.8 Å². The monoisotopic (exact) mass is 437 g/mol. The average Bonchev–Trinajstić information content (AvgIpc) is 3.30. The number of benzene rings is 1. The third-order valence-electron chi connectivity index (χ3n) is 5.00. The number of nitrogens with zero attached hydrogens (tertiary/aromatic N) is 1. The van der Waals surface area contributed by atoms with E-state index in [0.29, 0.717) is 19.4 Å². The molecule has 2 N–H and O–H groups in total. The van der Waals surface area contributed by atoms with Crippen LogP contribution in [0.5, 0.6) is 0 Å². The van der Waals surface area contributed by atoms with Crippen LogP contribution in [0, 0.1) is 5.92 Å². The van der Waals surface area contributed by atoms with E-state index in [1.54, 1.807) is 17.0 Å². The lowest BCUT2D eigenvalue weighted by molar-refractivity contribution is -0.137. The summed E-state index contributed by atoms with van der Waals surface area (Å²) in [5.74, 6) is -1.15. The van der Waals surface area contributed by atoms with Gasteiger partial charge in [0, 0.05) is 31.7 Å². The number of nitrogens with one attached hydrogen (secondary N) is 2. The zero-order valence-corrected chi connectivity index (χ0v) is 16.6. The molecule has 7 nitrogen and oxygen atoms in total. The first-order chi connectivity index (χ1) is 14.8. The lowest BCUT2D eigenvalue weighted by Gasteiger charge is -2.31. The van der Waals surface area contributed by atoms with E-state index in [2.05, 4.69) is 10.6 Å². The van der Waals surface area contributed by atoms with Crippen molar-refractivity contribution in [3.8, 4) is 0 Å². The standard InChI is InChI=1S/C21H22F3N3O4/c22-21(23,24)16-7-5-14(6-8-16)18(28)25-9-10-26-19(29)15-3-1-11-27(13-15)20(30)17-4-2-12-31-17/h2,4-8,12,15H,1,3,9-11,13H2,(H,25,28)(H,26,29)/t15-/m0/s1. The fraction of sp³-hybridized carbons (Fsp3) is 0.381. The summed E-state index contributed by atoms with van der Waals surface area (Å²) in [4.78, 5) is 38.4. The van der Waals surface area contributed by atoms with Crippen LogP contribution in [0.1, 0.15) is 39.3 Å². The Morgan fingerprint density at radius 1 is 1.06 bits per heavy atom. The third-order valence-corrected chi connectivity index (χ3v) is 5.00. The summed E-state index contributed by atoms with van der Waals surface area (Å²) in [5.41, 5.74) is -0.734. The Morgan fingerprint density at radius 2 is 1.77 bits per heavy atom. The molecule has 1 atom stereocenters. The fourth-order valence-corrected chi connectivity index (χ4v) is 3.35. The van der Waals surface area contributed by atoms with Crippen LogP contribution < -0.4 is 10.6 Å². The Hall–Kier alpha value is -3.30. The molecule has 1 aliphatic heterocycles. The number of likely N-dealkylation sites (tertiary alicyclic amines) is 1. The highest BCUT2D eigenvalue weighted by Crippen LogP contribution is 2.29. The first-order valence-electron chi connectivity index (χ1n) is 9.81. The van der Waals surface area contributed by atoms with E-state index in [1.165, 1.54) is 6.26 Å². The van der Waals surface area contributed by atoms with Crippen LogP contribution in [0.15, 0.2) is 47.1 Å². The van der Waals surface area contributed by atoms with E-state index >= 15 is 0 Å². The van der Waals surface area contributed by atoms with Crippen LogP contribution in [0.25, 0.3) is 0 Å². The number of carbonyl (C=O) groups is 3. The van der Waals surface area contributed by atoms with Gasteiger partial charge in [-0.2, -0.15) is 13.2 Å². The van der Waals surface area contributed by atoms with Crippen molar-refractivity contribution >= 4 is 17.7 Å². The van der Waals surface area contributed by atoms with Crippen molar-refractivity contribution < 1.29 is 32.0 Å². The van der Waals surface area contributed by atoms with Gasteiger partial charge in [0.05, 0.1) is 17.7 Å². The highest BCUT2D eigenvalue weighted by molar-refractivity contribution is 5.94. The van der Waals surface area contributed by atoms with Gasteiger partial charge in [-0.1, -0.05) is 0 Å². The molecule has 1 fully saturated rings. The maximum absolute atomic E-state index is 12.6. The number of hydrogen-bond donors (Lipinski definition) is 2. The van der Waals surface area contributed by atoms with Crippen molar-refractivity contribution in [1.82, 2.24) is 15.5 Å². The molecule has 2 heterocycles. The number of rotatable bonds is 6. The topological polar surface area (TPSA) is 91.7 Å². The summed E-state index contributed by atoms with van der Waals surface area (Å²) in [6.07, 6.45) is -1.71. The maximum atomic E-state index is 12.6. The summed E-state index contributed by atoms with van der Waals surface area (Å²) in [6.45, 7) is 1.11. The summed E-state index contributed by atoms with van der Waals surface area (Å²) in [7, 11) is 0. The van der Waals surface area contributed by atoms with Crippen LogP contribution >= 0.6 is 0 Å². The molecule has 2 aromatic rings. The minimum absolute atomic E-state index is 0.0960. The largest absolute Gasteiger partial charge is 0.459 e. The smallest absolute Gasteiger partial charge is 0.416 e. The van der Waals surface area contributed by atoms with Crippen LogP contribution in [0.4, 0.5) is 13.2 Å². The van der Waals surface area contributed by atoms with Crippen LogP contribution in [-0.4, -0.2) is 48.8 Å². The second-order valence-corrected chi connectivity index (χ2v) is 7.19. The predicted octanol–water partition coefficient (Wildman–Crippen LogP) is 2.70. The van der Waals surface area contributed by atoms with Crippen molar-refractivity contribution in [3.05, 3.63) is 59.5 Å². The van der Waals surface area contributed by atoms with E-state index in [1.807, 2.05) is 0 Å². The Balaban J connectivity index is 1.41. The molecule has 0 saturated carbocycles. The highest BCUT2D eigenvalue weighted by Gasteiger charge is 2.31. The van der Waals surface area contributed by atoms with Gasteiger partial charge in [-0.15, -0.1) is 0 Å². The Morgan fingerprint density at radius 3 is 2.42 bits per heavy atom. The summed E-state index contributed by atoms with van der Waals surface area (Å²) in [6, 6.07) is 7.09. The Bertz CT molecular complexity index is 911. The minimum Gasteiger partial charge on any atom is -0.459 e. The number of alkyl halides is 3. The molecule has 0 spiro atoms. The van der Waals surface area contributed by atoms with Gasteiger partial charge in [-0.25, -0.2) is 0 Å². The molecule has 1 aliphatic rings. The molecule has 31 heavy (non-hydrogen) atoms. The van der Waals surface area contributed by atoms with Crippen LogP contribution in [0.2, 0.25) is 0 Å². The lowest BCUT2D eigenvalue weighted by atomic mass is 9.97. The molecule has 0 aliphatic carbocycles. The van der Waals surface area contributed by atoms with Gasteiger partial charge < -0.3 is 20.0 Å². The minimum atomic E-state index is -4.46. The number of piperidine rings is 1. The Labute approximate surface area is 176 Å². The lowest BCUT2D eigenvalue weighted by Crippen LogP contribution is -2.46. The molecule has 0 unspecified atom stereocenters. The SMILES string of the molecule is O=C(NCCNC(=O)[C@H]1CCCN(C(=O)c2ccco2)C1)c1ccc(C(F)(F)F)cc1.